The van der Waals surface area contributed by atoms with E-state index in [9.17, 15) is 0 Å². The van der Waals surface area contributed by atoms with Gasteiger partial charge in [-0.1, -0.05) is 36.0 Å². The summed E-state index contributed by atoms with van der Waals surface area (Å²) >= 11 is 1.66. The molecule has 0 atom stereocenters. The molecule has 3 nitrogen and oxygen atoms in total. The van der Waals surface area contributed by atoms with E-state index >= 15 is 0 Å². The monoisotopic (exact) mass is 273 g/mol. The van der Waals surface area contributed by atoms with Crippen molar-refractivity contribution in [2.45, 2.75) is 38.2 Å². The molecule has 1 aromatic heterocycles. The van der Waals surface area contributed by atoms with Gasteiger partial charge in [0.1, 0.15) is 0 Å². The van der Waals surface area contributed by atoms with Crippen LogP contribution in [-0.4, -0.2) is 9.97 Å². The number of hydrogen-bond donors (Lipinski definition) is 1. The van der Waals surface area contributed by atoms with Gasteiger partial charge in [-0.15, -0.1) is 0 Å². The van der Waals surface area contributed by atoms with Crippen molar-refractivity contribution in [2.75, 3.05) is 0 Å². The van der Waals surface area contributed by atoms with Crippen molar-refractivity contribution in [2.24, 2.45) is 5.73 Å². The minimum absolute atomic E-state index is 0.573. The van der Waals surface area contributed by atoms with E-state index in [-0.39, 0.29) is 0 Å². The molecule has 0 saturated heterocycles. The number of hydrogen-bond acceptors (Lipinski definition) is 4. The third-order valence-corrected chi connectivity index (χ3v) is 4.20. The van der Waals surface area contributed by atoms with E-state index < -0.39 is 0 Å². The van der Waals surface area contributed by atoms with Gasteiger partial charge in [-0.3, -0.25) is 0 Å². The van der Waals surface area contributed by atoms with Gasteiger partial charge in [0.05, 0.1) is 0 Å². The number of benzene rings is 1. The van der Waals surface area contributed by atoms with Crippen LogP contribution in [0.15, 0.2) is 29.4 Å². The van der Waals surface area contributed by atoms with Crippen LogP contribution in [0.2, 0.25) is 0 Å². The second-order valence-corrected chi connectivity index (χ2v) is 5.51. The first-order chi connectivity index (χ1) is 9.11. The Hall–Kier alpha value is -1.39. The van der Waals surface area contributed by atoms with E-state index in [1.165, 1.54) is 16.7 Å². The molecule has 0 aliphatic rings. The molecule has 19 heavy (non-hydrogen) atoms. The summed E-state index contributed by atoms with van der Waals surface area (Å²) in [6, 6.07) is 8.25. The molecule has 2 aromatic rings. The van der Waals surface area contributed by atoms with Crippen LogP contribution in [0.5, 0.6) is 0 Å². The van der Waals surface area contributed by atoms with E-state index in [1.54, 1.807) is 11.8 Å². The lowest BCUT2D eigenvalue weighted by Crippen LogP contribution is -2.01. The molecule has 0 amide bonds. The highest BCUT2D eigenvalue weighted by Gasteiger charge is 2.07. The molecular weight excluding hydrogens is 254 g/mol. The predicted molar refractivity (Wildman–Crippen MR) is 80.1 cm³/mol. The molecule has 0 aliphatic carbocycles. The Morgan fingerprint density at radius 2 is 1.58 bits per heavy atom. The molecule has 0 fully saturated rings. The summed E-state index contributed by atoms with van der Waals surface area (Å²) in [5, 5.41) is 0.840. The quantitative estimate of drug-likeness (QED) is 0.687. The smallest absolute Gasteiger partial charge is 0.188 e. The molecule has 100 valence electrons. The van der Waals surface area contributed by atoms with Crippen LogP contribution < -0.4 is 5.73 Å². The number of aryl methyl sites for hydroxylation is 2. The summed E-state index contributed by atoms with van der Waals surface area (Å²) in [6.07, 6.45) is 0. The highest BCUT2D eigenvalue weighted by atomic mass is 32.2. The van der Waals surface area contributed by atoms with Crippen molar-refractivity contribution in [3.63, 3.8) is 0 Å². The number of thioether (sulfide) groups is 1. The van der Waals surface area contributed by atoms with Crippen molar-refractivity contribution < 1.29 is 0 Å². The fraction of sp³-hybridized carbons (Fsp3) is 0.333. The normalized spacial score (nSPS) is 10.7. The van der Waals surface area contributed by atoms with Crippen LogP contribution in [0.4, 0.5) is 0 Å². The molecular formula is C15H19N3S. The van der Waals surface area contributed by atoms with Crippen molar-refractivity contribution >= 4 is 11.8 Å². The van der Waals surface area contributed by atoms with Crippen LogP contribution in [-0.2, 0) is 12.3 Å². The maximum absolute atomic E-state index is 5.75. The van der Waals surface area contributed by atoms with E-state index in [4.69, 9.17) is 5.73 Å². The van der Waals surface area contributed by atoms with Crippen molar-refractivity contribution in [3.05, 3.63) is 52.3 Å². The molecule has 2 rings (SSSR count). The van der Waals surface area contributed by atoms with Gasteiger partial charge in [0.15, 0.2) is 5.16 Å². The lowest BCUT2D eigenvalue weighted by atomic mass is 10.1. The maximum atomic E-state index is 5.75. The highest BCUT2D eigenvalue weighted by Crippen LogP contribution is 2.23. The lowest BCUT2D eigenvalue weighted by molar-refractivity contribution is 0.880. The summed E-state index contributed by atoms with van der Waals surface area (Å²) < 4.78 is 0. The Labute approximate surface area is 118 Å². The second kappa shape index (κ2) is 6.17. The predicted octanol–water partition coefficient (Wildman–Crippen LogP) is 3.15. The van der Waals surface area contributed by atoms with Gasteiger partial charge in [0, 0.05) is 23.7 Å². The van der Waals surface area contributed by atoms with Crippen LogP contribution in [0.3, 0.4) is 0 Å². The van der Waals surface area contributed by atoms with Crippen molar-refractivity contribution in [3.8, 4) is 0 Å². The Bertz CT molecular complexity index is 558. The van der Waals surface area contributed by atoms with Crippen molar-refractivity contribution in [1.82, 2.24) is 9.97 Å². The molecule has 0 unspecified atom stereocenters. The molecule has 0 bridgehead atoms. The number of aromatic nitrogens is 2. The van der Waals surface area contributed by atoms with Gasteiger partial charge in [-0.25, -0.2) is 9.97 Å². The molecule has 4 heteroatoms. The van der Waals surface area contributed by atoms with Crippen LogP contribution >= 0.6 is 11.8 Å². The van der Waals surface area contributed by atoms with Gasteiger partial charge in [0.25, 0.3) is 0 Å². The minimum Gasteiger partial charge on any atom is -0.326 e. The molecule has 1 heterocycles. The molecule has 0 radical (unpaired) electrons. The van der Waals surface area contributed by atoms with Crippen LogP contribution in [0.1, 0.15) is 28.1 Å². The van der Waals surface area contributed by atoms with Crippen LogP contribution in [0.25, 0.3) is 0 Å². The van der Waals surface area contributed by atoms with E-state index in [0.29, 0.717) is 6.54 Å². The van der Waals surface area contributed by atoms with Gasteiger partial charge in [0.2, 0.25) is 0 Å². The first-order valence-corrected chi connectivity index (χ1v) is 7.32. The van der Waals surface area contributed by atoms with Gasteiger partial charge in [-0.05, 0) is 37.5 Å². The lowest BCUT2D eigenvalue weighted by Gasteiger charge is -2.09. The zero-order valence-electron chi connectivity index (χ0n) is 11.6. The largest absolute Gasteiger partial charge is 0.326 e. The first kappa shape index (κ1) is 14.0. The molecule has 0 spiro atoms. The third-order valence-electron chi connectivity index (χ3n) is 3.31. The van der Waals surface area contributed by atoms with Gasteiger partial charge < -0.3 is 5.73 Å². The second-order valence-electron chi connectivity index (χ2n) is 4.56. The zero-order valence-corrected chi connectivity index (χ0v) is 12.4. The zero-order chi connectivity index (χ0) is 13.8. The topological polar surface area (TPSA) is 51.8 Å². The fourth-order valence-electron chi connectivity index (χ4n) is 1.85. The Morgan fingerprint density at radius 3 is 2.16 bits per heavy atom. The van der Waals surface area contributed by atoms with E-state index in [2.05, 4.69) is 29.0 Å². The Kier molecular flexibility index (Phi) is 4.56. The summed E-state index contributed by atoms with van der Waals surface area (Å²) in [6.45, 7) is 6.69. The van der Waals surface area contributed by atoms with E-state index in [1.807, 2.05) is 26.0 Å². The summed E-state index contributed by atoms with van der Waals surface area (Å²) in [7, 11) is 0. The minimum atomic E-state index is 0.573. The Balaban J connectivity index is 2.15. The summed E-state index contributed by atoms with van der Waals surface area (Å²) in [5.41, 5.74) is 11.5. The number of nitrogens with two attached hydrogens (primary N) is 1. The summed E-state index contributed by atoms with van der Waals surface area (Å²) in [4.78, 5) is 9.05. The van der Waals surface area contributed by atoms with Gasteiger partial charge in [-0.2, -0.15) is 0 Å². The maximum Gasteiger partial charge on any atom is 0.188 e. The number of rotatable bonds is 4. The fourth-order valence-corrected chi connectivity index (χ4v) is 2.81. The average molecular weight is 273 g/mol. The standard InChI is InChI=1S/C15H19N3S/c1-10-11(2)17-15(18-12(10)3)19-9-14-7-5-4-6-13(14)8-16/h4-7H,8-9,16H2,1-3H3. The number of nitrogens with zero attached hydrogens (tertiary/aromatic N) is 2. The highest BCUT2D eigenvalue weighted by molar-refractivity contribution is 7.98. The molecule has 0 saturated carbocycles. The molecule has 0 aliphatic heterocycles. The Morgan fingerprint density at radius 1 is 1.00 bits per heavy atom. The average Bonchev–Trinajstić information content (AvgIpc) is 2.42. The SMILES string of the molecule is Cc1nc(SCc2ccccc2CN)nc(C)c1C. The van der Waals surface area contributed by atoms with E-state index in [0.717, 1.165) is 22.3 Å². The van der Waals surface area contributed by atoms with Gasteiger partial charge >= 0.3 is 0 Å². The molecule has 1 aromatic carbocycles. The van der Waals surface area contributed by atoms with Crippen molar-refractivity contribution in [1.29, 1.82) is 0 Å². The first-order valence-electron chi connectivity index (χ1n) is 6.33. The molecule has 2 N–H and O–H groups in total. The third kappa shape index (κ3) is 3.33. The summed E-state index contributed by atoms with van der Waals surface area (Å²) in [5.74, 6) is 0.856. The van der Waals surface area contributed by atoms with Crippen LogP contribution in [0, 0.1) is 20.8 Å².